The highest BCUT2D eigenvalue weighted by atomic mass is 35.5. The van der Waals surface area contributed by atoms with E-state index in [1.807, 2.05) is 0 Å². The van der Waals surface area contributed by atoms with Crippen molar-refractivity contribution in [2.24, 2.45) is 0 Å². The molecule has 2 aromatic rings. The first-order valence-electron chi connectivity index (χ1n) is 3.69. The predicted octanol–water partition coefficient (Wildman–Crippen LogP) is 3.44. The molecule has 72 valence electrons. The molecule has 2 rings (SSSR count). The minimum atomic E-state index is -1.09. The lowest BCUT2D eigenvalue weighted by atomic mass is 10.2. The van der Waals surface area contributed by atoms with Gasteiger partial charge in [-0.15, -0.1) is 0 Å². The van der Waals surface area contributed by atoms with Gasteiger partial charge in [-0.25, -0.2) is 4.79 Å². The fourth-order valence-corrected chi connectivity index (χ4v) is 1.64. The Morgan fingerprint density at radius 2 is 2.07 bits per heavy atom. The molecule has 1 aromatic carbocycles. The zero-order valence-corrected chi connectivity index (χ0v) is 8.26. The van der Waals surface area contributed by atoms with Crippen LogP contribution in [0.3, 0.4) is 0 Å². The zero-order chi connectivity index (χ0) is 10.3. The van der Waals surface area contributed by atoms with Crippen molar-refractivity contribution < 1.29 is 14.3 Å². The standard InChI is InChI=1S/C9H4Cl2O3/c10-5-1-2-6-7(8(5)11)4(3-14-6)9(12)13/h1-3H,(H,12,13). The van der Waals surface area contributed by atoms with Crippen LogP contribution in [-0.4, -0.2) is 11.1 Å². The van der Waals surface area contributed by atoms with Crippen LogP contribution in [0.4, 0.5) is 0 Å². The number of fused-ring (bicyclic) bond motifs is 1. The van der Waals surface area contributed by atoms with Gasteiger partial charge >= 0.3 is 5.97 Å². The Hall–Kier alpha value is -1.19. The van der Waals surface area contributed by atoms with Crippen molar-refractivity contribution >= 4 is 40.1 Å². The molecule has 0 aliphatic rings. The number of benzene rings is 1. The molecule has 0 fully saturated rings. The van der Waals surface area contributed by atoms with Crippen molar-refractivity contribution in [2.45, 2.75) is 0 Å². The Morgan fingerprint density at radius 1 is 1.36 bits per heavy atom. The summed E-state index contributed by atoms with van der Waals surface area (Å²) in [5.74, 6) is -1.09. The molecule has 0 radical (unpaired) electrons. The number of aromatic carboxylic acids is 1. The highest BCUT2D eigenvalue weighted by Crippen LogP contribution is 2.34. The molecule has 0 aliphatic carbocycles. The van der Waals surface area contributed by atoms with Gasteiger partial charge in [0.15, 0.2) is 0 Å². The van der Waals surface area contributed by atoms with Crippen LogP contribution in [0.25, 0.3) is 11.0 Å². The van der Waals surface area contributed by atoms with Crippen LogP contribution in [0.5, 0.6) is 0 Å². The summed E-state index contributed by atoms with van der Waals surface area (Å²) in [6.45, 7) is 0. The number of hydrogen-bond donors (Lipinski definition) is 1. The van der Waals surface area contributed by atoms with E-state index in [2.05, 4.69) is 0 Å². The van der Waals surface area contributed by atoms with Gasteiger partial charge < -0.3 is 9.52 Å². The minimum Gasteiger partial charge on any atom is -0.478 e. The lowest BCUT2D eigenvalue weighted by Gasteiger charge is -1.96. The molecule has 0 aliphatic heterocycles. The number of rotatable bonds is 1. The number of carboxylic acid groups (broad SMARTS) is 1. The van der Waals surface area contributed by atoms with Crippen LogP contribution in [0, 0.1) is 0 Å². The smallest absolute Gasteiger partial charge is 0.339 e. The molecule has 0 saturated carbocycles. The summed E-state index contributed by atoms with van der Waals surface area (Å²) in [6.07, 6.45) is 1.15. The normalized spacial score (nSPS) is 10.7. The van der Waals surface area contributed by atoms with E-state index in [0.29, 0.717) is 16.0 Å². The summed E-state index contributed by atoms with van der Waals surface area (Å²) in [6, 6.07) is 3.14. The summed E-state index contributed by atoms with van der Waals surface area (Å²) in [5.41, 5.74) is 0.435. The molecule has 0 amide bonds. The van der Waals surface area contributed by atoms with E-state index in [9.17, 15) is 4.79 Å². The first-order chi connectivity index (χ1) is 6.61. The Balaban J connectivity index is 2.89. The van der Waals surface area contributed by atoms with Crippen molar-refractivity contribution in [2.75, 3.05) is 0 Å². The number of halogens is 2. The van der Waals surface area contributed by atoms with E-state index in [4.69, 9.17) is 32.7 Å². The quantitative estimate of drug-likeness (QED) is 0.817. The maximum Gasteiger partial charge on any atom is 0.339 e. The van der Waals surface area contributed by atoms with Crippen molar-refractivity contribution in [3.63, 3.8) is 0 Å². The summed E-state index contributed by atoms with van der Waals surface area (Å²) in [5, 5.41) is 9.68. The second-order valence-electron chi connectivity index (χ2n) is 2.69. The fraction of sp³-hybridized carbons (Fsp3) is 0. The SMILES string of the molecule is O=C(O)c1coc2ccc(Cl)c(Cl)c12. The van der Waals surface area contributed by atoms with Gasteiger partial charge in [0, 0.05) is 0 Å². The van der Waals surface area contributed by atoms with Crippen LogP contribution in [0.15, 0.2) is 22.8 Å². The van der Waals surface area contributed by atoms with Gasteiger partial charge in [-0.3, -0.25) is 0 Å². The Kier molecular flexibility index (Phi) is 2.13. The van der Waals surface area contributed by atoms with E-state index in [-0.39, 0.29) is 10.6 Å². The van der Waals surface area contributed by atoms with Gasteiger partial charge in [-0.1, -0.05) is 23.2 Å². The van der Waals surface area contributed by atoms with Crippen LogP contribution in [0.2, 0.25) is 10.0 Å². The minimum absolute atomic E-state index is 0.0208. The van der Waals surface area contributed by atoms with Crippen LogP contribution in [-0.2, 0) is 0 Å². The maximum absolute atomic E-state index is 10.8. The lowest BCUT2D eigenvalue weighted by Crippen LogP contribution is -1.93. The molecule has 5 heteroatoms. The number of carbonyl (C=O) groups is 1. The summed E-state index contributed by atoms with van der Waals surface area (Å²) in [4.78, 5) is 10.8. The van der Waals surface area contributed by atoms with Gasteiger partial charge in [0.05, 0.1) is 15.4 Å². The second kappa shape index (κ2) is 3.19. The zero-order valence-electron chi connectivity index (χ0n) is 6.75. The molecule has 1 N–H and O–H groups in total. The Morgan fingerprint density at radius 3 is 2.71 bits per heavy atom. The monoisotopic (exact) mass is 230 g/mol. The molecular formula is C9H4Cl2O3. The summed E-state index contributed by atoms with van der Waals surface area (Å²) in [7, 11) is 0. The van der Waals surface area contributed by atoms with Crippen LogP contribution < -0.4 is 0 Å². The number of hydrogen-bond acceptors (Lipinski definition) is 2. The molecular weight excluding hydrogens is 227 g/mol. The molecule has 0 bridgehead atoms. The fourth-order valence-electron chi connectivity index (χ4n) is 1.22. The average Bonchev–Trinajstić information content (AvgIpc) is 2.55. The third-order valence-electron chi connectivity index (χ3n) is 1.86. The molecule has 1 heterocycles. The first-order valence-corrected chi connectivity index (χ1v) is 4.45. The number of carboxylic acids is 1. The van der Waals surface area contributed by atoms with Gasteiger partial charge in [0.25, 0.3) is 0 Å². The van der Waals surface area contributed by atoms with Crippen molar-refractivity contribution in [3.8, 4) is 0 Å². The molecule has 0 unspecified atom stereocenters. The molecule has 0 atom stereocenters. The van der Waals surface area contributed by atoms with E-state index in [1.165, 1.54) is 0 Å². The molecule has 1 aromatic heterocycles. The highest BCUT2D eigenvalue weighted by molar-refractivity contribution is 6.45. The molecule has 3 nitrogen and oxygen atoms in total. The maximum atomic E-state index is 10.8. The van der Waals surface area contributed by atoms with Gasteiger partial charge in [-0.2, -0.15) is 0 Å². The third kappa shape index (κ3) is 1.25. The van der Waals surface area contributed by atoms with E-state index >= 15 is 0 Å². The molecule has 14 heavy (non-hydrogen) atoms. The largest absolute Gasteiger partial charge is 0.478 e. The van der Waals surface area contributed by atoms with Gasteiger partial charge in [-0.05, 0) is 12.1 Å². The van der Waals surface area contributed by atoms with Crippen molar-refractivity contribution in [1.29, 1.82) is 0 Å². The second-order valence-corrected chi connectivity index (χ2v) is 3.47. The summed E-state index contributed by atoms with van der Waals surface area (Å²) >= 11 is 11.6. The van der Waals surface area contributed by atoms with Crippen LogP contribution >= 0.6 is 23.2 Å². The van der Waals surface area contributed by atoms with E-state index < -0.39 is 5.97 Å². The van der Waals surface area contributed by atoms with Crippen LogP contribution in [0.1, 0.15) is 10.4 Å². The Labute approximate surface area is 88.8 Å². The molecule has 0 spiro atoms. The lowest BCUT2D eigenvalue weighted by molar-refractivity contribution is 0.0698. The topological polar surface area (TPSA) is 50.4 Å². The number of furan rings is 1. The Bertz CT molecular complexity index is 516. The molecule has 0 saturated heterocycles. The van der Waals surface area contributed by atoms with Crippen molar-refractivity contribution in [3.05, 3.63) is 34.0 Å². The highest BCUT2D eigenvalue weighted by Gasteiger charge is 2.16. The predicted molar refractivity (Wildman–Crippen MR) is 53.2 cm³/mol. The van der Waals surface area contributed by atoms with Gasteiger partial charge in [0.1, 0.15) is 17.4 Å². The average molecular weight is 231 g/mol. The van der Waals surface area contributed by atoms with E-state index in [0.717, 1.165) is 6.26 Å². The van der Waals surface area contributed by atoms with Crippen molar-refractivity contribution in [1.82, 2.24) is 0 Å². The van der Waals surface area contributed by atoms with Gasteiger partial charge in [0.2, 0.25) is 0 Å². The third-order valence-corrected chi connectivity index (χ3v) is 2.66. The van der Waals surface area contributed by atoms with E-state index in [1.54, 1.807) is 12.1 Å². The summed E-state index contributed by atoms with van der Waals surface area (Å²) < 4.78 is 5.02. The first kappa shape index (κ1) is 9.37.